The van der Waals surface area contributed by atoms with E-state index in [2.05, 4.69) is 10.3 Å². The molecule has 32 heavy (non-hydrogen) atoms. The molecule has 0 aliphatic heterocycles. The zero-order valence-corrected chi connectivity index (χ0v) is 17.6. The summed E-state index contributed by atoms with van der Waals surface area (Å²) >= 11 is 5.91. The molecule has 0 radical (unpaired) electrons. The van der Waals surface area contributed by atoms with Crippen LogP contribution in [-0.2, 0) is 24.4 Å². The average molecular weight is 453 g/mol. The molecule has 0 unspecified atom stereocenters. The van der Waals surface area contributed by atoms with Gasteiger partial charge in [0, 0.05) is 17.8 Å². The van der Waals surface area contributed by atoms with Crippen molar-refractivity contribution in [3.63, 3.8) is 0 Å². The van der Waals surface area contributed by atoms with Crippen LogP contribution in [0.15, 0.2) is 76.4 Å². The van der Waals surface area contributed by atoms with Gasteiger partial charge >= 0.3 is 5.69 Å². The van der Waals surface area contributed by atoms with Gasteiger partial charge in [-0.3, -0.25) is 18.7 Å². The molecule has 2 heterocycles. The highest BCUT2D eigenvalue weighted by Gasteiger charge is 2.16. The number of aromatic nitrogens is 3. The fourth-order valence-corrected chi connectivity index (χ4v) is 3.44. The summed E-state index contributed by atoms with van der Waals surface area (Å²) in [4.78, 5) is 42.8. The molecule has 0 aliphatic carbocycles. The van der Waals surface area contributed by atoms with Crippen LogP contribution in [0.5, 0.6) is 0 Å². The van der Waals surface area contributed by atoms with Crippen molar-refractivity contribution in [1.82, 2.24) is 19.4 Å². The quantitative estimate of drug-likeness (QED) is 0.487. The normalized spacial score (nSPS) is 10.9. The van der Waals surface area contributed by atoms with Gasteiger partial charge in [0.15, 0.2) is 5.52 Å². The van der Waals surface area contributed by atoms with Crippen molar-refractivity contribution in [2.75, 3.05) is 0 Å². The summed E-state index contributed by atoms with van der Waals surface area (Å²) in [5.41, 5.74) is 0.618. The SMILES string of the molecule is O=C(Cn1c(=O)n(Cc2ccc(Cl)cc2)c(=O)c2ncccc21)NCc1ccc(F)cc1. The molecule has 0 atom stereocenters. The third kappa shape index (κ3) is 4.60. The summed E-state index contributed by atoms with van der Waals surface area (Å²) in [5, 5.41) is 3.24. The molecule has 2 aromatic carbocycles. The van der Waals surface area contributed by atoms with Gasteiger partial charge in [-0.2, -0.15) is 0 Å². The monoisotopic (exact) mass is 452 g/mol. The van der Waals surface area contributed by atoms with E-state index in [0.29, 0.717) is 16.1 Å². The molecule has 4 rings (SSSR count). The van der Waals surface area contributed by atoms with Gasteiger partial charge in [-0.15, -0.1) is 0 Å². The number of nitrogens with zero attached hydrogens (tertiary/aromatic N) is 3. The first-order chi connectivity index (χ1) is 15.4. The number of hydrogen-bond acceptors (Lipinski definition) is 4. The number of carbonyl (C=O) groups excluding carboxylic acids is 1. The van der Waals surface area contributed by atoms with Crippen LogP contribution in [0.4, 0.5) is 4.39 Å². The maximum Gasteiger partial charge on any atom is 0.332 e. The average Bonchev–Trinajstić information content (AvgIpc) is 2.80. The van der Waals surface area contributed by atoms with Gasteiger partial charge in [-0.25, -0.2) is 14.2 Å². The molecule has 0 bridgehead atoms. The minimum absolute atomic E-state index is 0.0124. The Labute approximate surface area is 186 Å². The van der Waals surface area contributed by atoms with E-state index in [0.717, 1.165) is 4.57 Å². The first kappa shape index (κ1) is 21.5. The number of hydrogen-bond donors (Lipinski definition) is 1. The molecule has 0 saturated heterocycles. The highest BCUT2D eigenvalue weighted by molar-refractivity contribution is 6.30. The Hall–Kier alpha value is -3.78. The molecular weight excluding hydrogens is 435 g/mol. The minimum atomic E-state index is -0.623. The Kier molecular flexibility index (Phi) is 6.13. The lowest BCUT2D eigenvalue weighted by Gasteiger charge is -2.14. The predicted molar refractivity (Wildman–Crippen MR) is 119 cm³/mol. The summed E-state index contributed by atoms with van der Waals surface area (Å²) in [5.74, 6) is -0.799. The second kappa shape index (κ2) is 9.15. The summed E-state index contributed by atoms with van der Waals surface area (Å²) in [6.45, 7) is -0.115. The number of halogens is 2. The van der Waals surface area contributed by atoms with E-state index in [1.165, 1.54) is 22.9 Å². The van der Waals surface area contributed by atoms with E-state index in [4.69, 9.17) is 11.6 Å². The predicted octanol–water partition coefficient (Wildman–Crippen LogP) is 2.72. The molecule has 1 amide bonds. The molecule has 1 N–H and O–H groups in total. The van der Waals surface area contributed by atoms with Gasteiger partial charge in [0.1, 0.15) is 12.4 Å². The van der Waals surface area contributed by atoms with Crippen LogP contribution in [0.3, 0.4) is 0 Å². The number of fused-ring (bicyclic) bond motifs is 1. The second-order valence-electron chi connectivity index (χ2n) is 7.16. The third-order valence-corrected chi connectivity index (χ3v) is 5.20. The van der Waals surface area contributed by atoms with Crippen molar-refractivity contribution < 1.29 is 9.18 Å². The van der Waals surface area contributed by atoms with Crippen molar-refractivity contribution in [3.05, 3.63) is 110 Å². The first-order valence-electron chi connectivity index (χ1n) is 9.76. The van der Waals surface area contributed by atoms with Crippen molar-refractivity contribution >= 4 is 28.5 Å². The fraction of sp³-hybridized carbons (Fsp3) is 0.130. The fourth-order valence-electron chi connectivity index (χ4n) is 3.31. The maximum atomic E-state index is 13.2. The highest BCUT2D eigenvalue weighted by atomic mass is 35.5. The van der Waals surface area contributed by atoms with E-state index in [1.54, 1.807) is 48.5 Å². The molecule has 0 saturated carbocycles. The van der Waals surface area contributed by atoms with Gasteiger partial charge in [0.25, 0.3) is 5.56 Å². The number of nitrogens with one attached hydrogen (secondary N) is 1. The van der Waals surface area contributed by atoms with Crippen LogP contribution < -0.4 is 16.6 Å². The highest BCUT2D eigenvalue weighted by Crippen LogP contribution is 2.11. The number of pyridine rings is 1. The topological polar surface area (TPSA) is 86.0 Å². The molecule has 4 aromatic rings. The number of carbonyl (C=O) groups is 1. The van der Waals surface area contributed by atoms with Crippen LogP contribution in [0, 0.1) is 5.82 Å². The standard InChI is InChI=1S/C23H18ClFN4O3/c24-17-7-3-16(4-8-17)13-29-22(31)21-19(2-1-11-26-21)28(23(29)32)14-20(30)27-12-15-5-9-18(25)10-6-15/h1-11H,12-14H2,(H,27,30). The Morgan fingerprint density at radius 3 is 2.38 bits per heavy atom. The van der Waals surface area contributed by atoms with Gasteiger partial charge in [-0.05, 0) is 47.5 Å². The van der Waals surface area contributed by atoms with E-state index >= 15 is 0 Å². The summed E-state index contributed by atoms with van der Waals surface area (Å²) < 4.78 is 15.3. The largest absolute Gasteiger partial charge is 0.350 e. The van der Waals surface area contributed by atoms with E-state index in [9.17, 15) is 18.8 Å². The summed E-state index contributed by atoms with van der Waals surface area (Å²) in [6, 6.07) is 15.7. The van der Waals surface area contributed by atoms with Gasteiger partial charge in [-0.1, -0.05) is 35.9 Å². The van der Waals surface area contributed by atoms with Crippen molar-refractivity contribution in [3.8, 4) is 0 Å². The molecule has 7 nitrogen and oxygen atoms in total. The molecule has 0 aliphatic rings. The van der Waals surface area contributed by atoms with Crippen LogP contribution in [-0.4, -0.2) is 20.0 Å². The second-order valence-corrected chi connectivity index (χ2v) is 7.60. The van der Waals surface area contributed by atoms with Crippen molar-refractivity contribution in [2.24, 2.45) is 0 Å². The number of amides is 1. The van der Waals surface area contributed by atoms with Gasteiger partial charge < -0.3 is 5.32 Å². The summed E-state index contributed by atoms with van der Waals surface area (Å²) in [6.07, 6.45) is 1.46. The molecule has 2 aromatic heterocycles. The zero-order valence-electron chi connectivity index (χ0n) is 16.8. The Morgan fingerprint density at radius 2 is 1.66 bits per heavy atom. The maximum absolute atomic E-state index is 13.2. The lowest BCUT2D eigenvalue weighted by Crippen LogP contribution is -2.43. The number of rotatable bonds is 6. The van der Waals surface area contributed by atoms with E-state index in [1.807, 2.05) is 0 Å². The molecule has 0 fully saturated rings. The zero-order chi connectivity index (χ0) is 22.7. The molecule has 162 valence electrons. The lowest BCUT2D eigenvalue weighted by atomic mass is 10.2. The van der Waals surface area contributed by atoms with Gasteiger partial charge in [0.05, 0.1) is 12.1 Å². The van der Waals surface area contributed by atoms with Crippen molar-refractivity contribution in [1.29, 1.82) is 0 Å². The minimum Gasteiger partial charge on any atom is -0.350 e. The Bertz CT molecular complexity index is 1400. The Morgan fingerprint density at radius 1 is 0.969 bits per heavy atom. The lowest BCUT2D eigenvalue weighted by molar-refractivity contribution is -0.121. The van der Waals surface area contributed by atoms with Gasteiger partial charge in [0.2, 0.25) is 5.91 Å². The molecule has 0 spiro atoms. The number of benzene rings is 2. The molecular formula is C23H18ClFN4O3. The van der Waals surface area contributed by atoms with E-state index in [-0.39, 0.29) is 36.5 Å². The third-order valence-electron chi connectivity index (χ3n) is 4.95. The van der Waals surface area contributed by atoms with Crippen LogP contribution in [0.1, 0.15) is 11.1 Å². The van der Waals surface area contributed by atoms with Crippen LogP contribution in [0.2, 0.25) is 5.02 Å². The smallest absolute Gasteiger partial charge is 0.332 e. The van der Waals surface area contributed by atoms with E-state index < -0.39 is 17.2 Å². The van der Waals surface area contributed by atoms with Crippen LogP contribution in [0.25, 0.3) is 11.0 Å². The first-order valence-corrected chi connectivity index (χ1v) is 10.1. The molecule has 9 heteroatoms. The summed E-state index contributed by atoms with van der Waals surface area (Å²) in [7, 11) is 0. The Balaban J connectivity index is 1.66. The van der Waals surface area contributed by atoms with Crippen molar-refractivity contribution in [2.45, 2.75) is 19.6 Å². The van der Waals surface area contributed by atoms with Crippen LogP contribution >= 0.6 is 11.6 Å².